The minimum absolute atomic E-state index is 0.656. The molecule has 0 aromatic rings. The van der Waals surface area contributed by atoms with Gasteiger partial charge in [0, 0.05) is 5.57 Å². The van der Waals surface area contributed by atoms with Crippen LogP contribution in [-0.4, -0.2) is 0 Å². The summed E-state index contributed by atoms with van der Waals surface area (Å²) < 4.78 is 0. The van der Waals surface area contributed by atoms with Gasteiger partial charge in [0.05, 0.1) is 6.07 Å². The SMILES string of the molecule is CC(C#N)=C(C)CC(C)C. The van der Waals surface area contributed by atoms with Crippen LogP contribution in [0, 0.1) is 17.2 Å². The van der Waals surface area contributed by atoms with E-state index >= 15 is 0 Å². The molecule has 0 spiro atoms. The number of nitriles is 1. The van der Waals surface area contributed by atoms with Gasteiger partial charge in [-0.1, -0.05) is 19.4 Å². The van der Waals surface area contributed by atoms with E-state index < -0.39 is 0 Å². The van der Waals surface area contributed by atoms with Gasteiger partial charge in [-0.05, 0) is 26.2 Å². The third-order valence-corrected chi connectivity index (χ3v) is 1.52. The fourth-order valence-electron chi connectivity index (χ4n) is 0.861. The van der Waals surface area contributed by atoms with Crippen LogP contribution in [0.5, 0.6) is 0 Å². The van der Waals surface area contributed by atoms with Crippen LogP contribution in [0.2, 0.25) is 0 Å². The van der Waals surface area contributed by atoms with Crippen molar-refractivity contribution in [2.75, 3.05) is 0 Å². The first-order valence-electron chi connectivity index (χ1n) is 3.64. The van der Waals surface area contributed by atoms with Crippen LogP contribution in [0.25, 0.3) is 0 Å². The van der Waals surface area contributed by atoms with Crippen molar-refractivity contribution in [3.8, 4) is 6.07 Å². The van der Waals surface area contributed by atoms with Crippen LogP contribution in [0.3, 0.4) is 0 Å². The van der Waals surface area contributed by atoms with Crippen LogP contribution in [0.15, 0.2) is 11.1 Å². The van der Waals surface area contributed by atoms with Gasteiger partial charge in [0.25, 0.3) is 0 Å². The fourth-order valence-corrected chi connectivity index (χ4v) is 0.861. The Labute approximate surface area is 63.4 Å². The van der Waals surface area contributed by atoms with Gasteiger partial charge in [-0.25, -0.2) is 0 Å². The van der Waals surface area contributed by atoms with Gasteiger partial charge < -0.3 is 0 Å². The zero-order valence-electron chi connectivity index (χ0n) is 7.23. The summed E-state index contributed by atoms with van der Waals surface area (Å²) in [6.45, 7) is 8.22. The first-order chi connectivity index (χ1) is 4.57. The summed E-state index contributed by atoms with van der Waals surface area (Å²) in [4.78, 5) is 0. The van der Waals surface area contributed by atoms with Crippen LogP contribution >= 0.6 is 0 Å². The Morgan fingerprint density at radius 2 is 1.90 bits per heavy atom. The topological polar surface area (TPSA) is 23.8 Å². The molecular formula is C9H15N. The highest BCUT2D eigenvalue weighted by Crippen LogP contribution is 2.13. The molecule has 0 atom stereocenters. The molecule has 0 radical (unpaired) electrons. The molecule has 0 unspecified atom stereocenters. The lowest BCUT2D eigenvalue weighted by Crippen LogP contribution is -1.90. The summed E-state index contributed by atoms with van der Waals surface area (Å²) >= 11 is 0. The molecule has 0 aromatic carbocycles. The zero-order valence-corrected chi connectivity index (χ0v) is 7.23. The summed E-state index contributed by atoms with van der Waals surface area (Å²) in [6, 6.07) is 2.15. The average Bonchev–Trinajstić information content (AvgIpc) is 1.85. The highest BCUT2D eigenvalue weighted by molar-refractivity contribution is 5.23. The second-order valence-corrected chi connectivity index (χ2v) is 3.12. The quantitative estimate of drug-likeness (QED) is 0.537. The van der Waals surface area contributed by atoms with Gasteiger partial charge in [0.1, 0.15) is 0 Å². The highest BCUT2D eigenvalue weighted by atomic mass is 14.2. The van der Waals surface area contributed by atoms with Gasteiger partial charge in [0.2, 0.25) is 0 Å². The molecule has 0 N–H and O–H groups in total. The van der Waals surface area contributed by atoms with E-state index in [0.29, 0.717) is 5.92 Å². The molecule has 0 aromatic heterocycles. The largest absolute Gasteiger partial charge is 0.193 e. The Kier molecular flexibility index (Phi) is 3.79. The first-order valence-corrected chi connectivity index (χ1v) is 3.64. The third kappa shape index (κ3) is 3.29. The summed E-state index contributed by atoms with van der Waals surface area (Å²) in [7, 11) is 0. The second-order valence-electron chi connectivity index (χ2n) is 3.12. The Morgan fingerprint density at radius 3 is 2.20 bits per heavy atom. The molecule has 56 valence electrons. The van der Waals surface area contributed by atoms with Crippen molar-refractivity contribution >= 4 is 0 Å². The predicted octanol–water partition coefficient (Wildman–Crippen LogP) is 2.89. The molecule has 1 nitrogen and oxygen atoms in total. The zero-order chi connectivity index (χ0) is 8.15. The minimum atomic E-state index is 0.656. The molecular weight excluding hydrogens is 122 g/mol. The second kappa shape index (κ2) is 4.11. The van der Waals surface area contributed by atoms with Crippen LogP contribution in [0.1, 0.15) is 34.1 Å². The maximum atomic E-state index is 8.51. The van der Waals surface area contributed by atoms with Gasteiger partial charge in [-0.15, -0.1) is 0 Å². The summed E-state index contributed by atoms with van der Waals surface area (Å²) in [5.74, 6) is 0.656. The lowest BCUT2D eigenvalue weighted by molar-refractivity contribution is 0.640. The molecule has 0 heterocycles. The number of hydrogen-bond donors (Lipinski definition) is 0. The predicted molar refractivity (Wildman–Crippen MR) is 43.4 cm³/mol. The highest BCUT2D eigenvalue weighted by Gasteiger charge is 1.98. The molecule has 0 amide bonds. The standard InChI is InChI=1S/C9H15N/c1-7(2)5-8(3)9(4)6-10/h7H,5H2,1-4H3. The normalized spacial score (nSPS) is 12.8. The molecule has 10 heavy (non-hydrogen) atoms. The van der Waals surface area contributed by atoms with E-state index in [1.165, 1.54) is 5.57 Å². The Balaban J connectivity index is 4.09. The van der Waals surface area contributed by atoms with Crippen LogP contribution < -0.4 is 0 Å². The first kappa shape index (κ1) is 9.23. The van der Waals surface area contributed by atoms with Crippen molar-refractivity contribution < 1.29 is 0 Å². The van der Waals surface area contributed by atoms with E-state index in [0.717, 1.165) is 12.0 Å². The number of allylic oxidation sites excluding steroid dienone is 2. The van der Waals surface area contributed by atoms with Crippen molar-refractivity contribution in [2.24, 2.45) is 5.92 Å². The number of rotatable bonds is 2. The monoisotopic (exact) mass is 137 g/mol. The molecule has 0 bridgehead atoms. The smallest absolute Gasteiger partial charge is 0.0943 e. The van der Waals surface area contributed by atoms with Gasteiger partial charge in [0.15, 0.2) is 0 Å². The summed E-state index contributed by atoms with van der Waals surface area (Å²) in [5, 5.41) is 8.51. The Bertz CT molecular complexity index is 170. The van der Waals surface area contributed by atoms with Crippen molar-refractivity contribution in [1.82, 2.24) is 0 Å². The summed E-state index contributed by atoms with van der Waals surface area (Å²) in [5.41, 5.74) is 2.09. The third-order valence-electron chi connectivity index (χ3n) is 1.52. The molecule has 0 saturated carbocycles. The molecule has 0 fully saturated rings. The molecule has 1 heteroatoms. The number of hydrogen-bond acceptors (Lipinski definition) is 1. The fraction of sp³-hybridized carbons (Fsp3) is 0.667. The van der Waals surface area contributed by atoms with Gasteiger partial charge in [-0.2, -0.15) is 5.26 Å². The molecule has 0 aliphatic carbocycles. The lowest BCUT2D eigenvalue weighted by atomic mass is 10.0. The molecule has 0 aliphatic heterocycles. The van der Waals surface area contributed by atoms with E-state index in [9.17, 15) is 0 Å². The Hall–Kier alpha value is -0.770. The van der Waals surface area contributed by atoms with Crippen molar-refractivity contribution in [3.63, 3.8) is 0 Å². The van der Waals surface area contributed by atoms with E-state index in [1.54, 1.807) is 0 Å². The van der Waals surface area contributed by atoms with Crippen molar-refractivity contribution in [3.05, 3.63) is 11.1 Å². The van der Waals surface area contributed by atoms with E-state index in [4.69, 9.17) is 5.26 Å². The van der Waals surface area contributed by atoms with Crippen LogP contribution in [0.4, 0.5) is 0 Å². The molecule has 0 aliphatic rings. The minimum Gasteiger partial charge on any atom is -0.193 e. The Morgan fingerprint density at radius 1 is 1.40 bits per heavy atom. The maximum Gasteiger partial charge on any atom is 0.0943 e. The maximum absolute atomic E-state index is 8.51. The van der Waals surface area contributed by atoms with E-state index in [-0.39, 0.29) is 0 Å². The summed E-state index contributed by atoms with van der Waals surface area (Å²) in [6.07, 6.45) is 1.04. The molecule has 0 rings (SSSR count). The van der Waals surface area contributed by atoms with E-state index in [1.807, 2.05) is 13.8 Å². The molecule has 0 saturated heterocycles. The lowest BCUT2D eigenvalue weighted by Gasteiger charge is -2.04. The van der Waals surface area contributed by atoms with Gasteiger partial charge in [-0.3, -0.25) is 0 Å². The number of nitrogens with zero attached hydrogens (tertiary/aromatic N) is 1. The average molecular weight is 137 g/mol. The van der Waals surface area contributed by atoms with Crippen LogP contribution in [-0.2, 0) is 0 Å². The van der Waals surface area contributed by atoms with Crippen molar-refractivity contribution in [1.29, 1.82) is 5.26 Å². The van der Waals surface area contributed by atoms with Gasteiger partial charge >= 0.3 is 0 Å². The van der Waals surface area contributed by atoms with E-state index in [2.05, 4.69) is 19.9 Å². The van der Waals surface area contributed by atoms with Crippen molar-refractivity contribution in [2.45, 2.75) is 34.1 Å².